The average molecular weight is 258 g/mol. The summed E-state index contributed by atoms with van der Waals surface area (Å²) in [6.07, 6.45) is 4.92. The maximum atomic E-state index is 9.23. The first-order chi connectivity index (χ1) is 9.29. The lowest BCUT2D eigenvalue weighted by molar-refractivity contribution is -0.107. The van der Waals surface area contributed by atoms with Gasteiger partial charge in [-0.3, -0.25) is 4.98 Å². The lowest BCUT2D eigenvalue weighted by Gasteiger charge is -2.44. The van der Waals surface area contributed by atoms with Crippen LogP contribution in [0.15, 0.2) is 24.4 Å². The van der Waals surface area contributed by atoms with E-state index in [0.717, 1.165) is 31.6 Å². The van der Waals surface area contributed by atoms with Crippen molar-refractivity contribution in [2.45, 2.75) is 36.7 Å². The van der Waals surface area contributed by atoms with E-state index in [1.54, 1.807) is 0 Å². The number of ether oxygens (including phenoxy) is 2. The molecule has 0 radical (unpaired) electrons. The molecule has 2 aliphatic heterocycles. The van der Waals surface area contributed by atoms with Crippen LogP contribution in [0.25, 0.3) is 0 Å². The molecule has 2 unspecified atom stereocenters. The van der Waals surface area contributed by atoms with Gasteiger partial charge in [0.2, 0.25) is 0 Å². The van der Waals surface area contributed by atoms with Gasteiger partial charge in [0.15, 0.2) is 0 Å². The quantitative estimate of drug-likeness (QED) is 0.816. The van der Waals surface area contributed by atoms with E-state index < -0.39 is 0 Å². The normalized spacial score (nSPS) is 34.3. The van der Waals surface area contributed by atoms with Gasteiger partial charge >= 0.3 is 0 Å². The molecule has 1 aromatic rings. The van der Waals surface area contributed by atoms with Gasteiger partial charge in [0, 0.05) is 43.4 Å². The standard InChI is InChI=1S/C15H18N2O2/c16-7-4-14(13-3-1-2-8-17-13)5-10-19-15(11-14)6-9-18-12-15/h1-3,8H,4-6,9-12H2. The smallest absolute Gasteiger partial charge is 0.0946 e. The number of nitrogens with zero attached hydrogens (tertiary/aromatic N) is 2. The number of rotatable bonds is 2. The van der Waals surface area contributed by atoms with E-state index in [2.05, 4.69) is 11.1 Å². The fourth-order valence-electron chi connectivity index (χ4n) is 3.35. The highest BCUT2D eigenvalue weighted by atomic mass is 16.6. The minimum atomic E-state index is -0.202. The Morgan fingerprint density at radius 2 is 2.26 bits per heavy atom. The molecule has 19 heavy (non-hydrogen) atoms. The molecule has 0 saturated carbocycles. The molecule has 4 nitrogen and oxygen atoms in total. The Morgan fingerprint density at radius 3 is 2.95 bits per heavy atom. The lowest BCUT2D eigenvalue weighted by atomic mass is 9.68. The van der Waals surface area contributed by atoms with Gasteiger partial charge in [-0.2, -0.15) is 5.26 Å². The summed E-state index contributed by atoms with van der Waals surface area (Å²) in [7, 11) is 0. The second-order valence-corrected chi connectivity index (χ2v) is 5.59. The summed E-state index contributed by atoms with van der Waals surface area (Å²) in [6.45, 7) is 2.08. The third kappa shape index (κ3) is 2.24. The minimum absolute atomic E-state index is 0.179. The van der Waals surface area contributed by atoms with Crippen LogP contribution in [-0.2, 0) is 14.9 Å². The van der Waals surface area contributed by atoms with Gasteiger partial charge in [-0.25, -0.2) is 0 Å². The highest BCUT2D eigenvalue weighted by Crippen LogP contribution is 2.46. The van der Waals surface area contributed by atoms with Crippen molar-refractivity contribution in [1.29, 1.82) is 5.26 Å². The van der Waals surface area contributed by atoms with Gasteiger partial charge in [-0.05, 0) is 25.0 Å². The summed E-state index contributed by atoms with van der Waals surface area (Å²) in [4.78, 5) is 4.50. The maximum Gasteiger partial charge on any atom is 0.0946 e. The fourth-order valence-corrected chi connectivity index (χ4v) is 3.35. The SMILES string of the molecule is N#CCC1(c2ccccn2)CCOC2(CCOC2)C1. The van der Waals surface area contributed by atoms with Crippen molar-refractivity contribution in [1.82, 2.24) is 4.98 Å². The summed E-state index contributed by atoms with van der Waals surface area (Å²) in [6, 6.07) is 8.29. The molecule has 0 bridgehead atoms. The third-order valence-electron chi connectivity index (χ3n) is 4.34. The predicted molar refractivity (Wildman–Crippen MR) is 69.5 cm³/mol. The first-order valence-corrected chi connectivity index (χ1v) is 6.79. The number of aromatic nitrogens is 1. The summed E-state index contributed by atoms with van der Waals surface area (Å²) in [5.41, 5.74) is 0.639. The van der Waals surface area contributed by atoms with Crippen LogP contribution in [0.4, 0.5) is 0 Å². The minimum Gasteiger partial charge on any atom is -0.378 e. The molecule has 0 aliphatic carbocycles. The highest BCUT2D eigenvalue weighted by Gasteiger charge is 2.49. The van der Waals surface area contributed by atoms with Gasteiger partial charge in [0.1, 0.15) is 0 Å². The molecule has 3 heterocycles. The summed E-state index contributed by atoms with van der Waals surface area (Å²) in [5.74, 6) is 0. The van der Waals surface area contributed by atoms with Crippen LogP contribution >= 0.6 is 0 Å². The van der Waals surface area contributed by atoms with E-state index in [-0.39, 0.29) is 11.0 Å². The molecule has 1 spiro atoms. The molecular formula is C15H18N2O2. The molecule has 2 fully saturated rings. The second-order valence-electron chi connectivity index (χ2n) is 5.59. The first-order valence-electron chi connectivity index (χ1n) is 6.79. The average Bonchev–Trinajstić information content (AvgIpc) is 2.88. The van der Waals surface area contributed by atoms with Crippen molar-refractivity contribution in [3.63, 3.8) is 0 Å². The summed E-state index contributed by atoms with van der Waals surface area (Å²) < 4.78 is 11.5. The van der Waals surface area contributed by atoms with Crippen molar-refractivity contribution < 1.29 is 9.47 Å². The van der Waals surface area contributed by atoms with Gasteiger partial charge in [-0.15, -0.1) is 0 Å². The van der Waals surface area contributed by atoms with Gasteiger partial charge < -0.3 is 9.47 Å². The van der Waals surface area contributed by atoms with Crippen molar-refractivity contribution in [3.05, 3.63) is 30.1 Å². The molecule has 2 saturated heterocycles. The van der Waals surface area contributed by atoms with E-state index in [4.69, 9.17) is 9.47 Å². The van der Waals surface area contributed by atoms with E-state index in [1.165, 1.54) is 0 Å². The zero-order chi connectivity index (χ0) is 13.2. The predicted octanol–water partition coefficient (Wildman–Crippen LogP) is 2.20. The topological polar surface area (TPSA) is 55.1 Å². The Kier molecular flexibility index (Phi) is 3.26. The molecule has 100 valence electrons. The maximum absolute atomic E-state index is 9.23. The molecule has 0 aromatic carbocycles. The second kappa shape index (κ2) is 4.92. The molecule has 4 heteroatoms. The van der Waals surface area contributed by atoms with E-state index in [9.17, 15) is 5.26 Å². The van der Waals surface area contributed by atoms with Crippen molar-refractivity contribution in [3.8, 4) is 6.07 Å². The van der Waals surface area contributed by atoms with Crippen molar-refractivity contribution >= 4 is 0 Å². The van der Waals surface area contributed by atoms with Gasteiger partial charge in [0.05, 0.1) is 18.3 Å². The molecule has 2 atom stereocenters. The van der Waals surface area contributed by atoms with Crippen LogP contribution in [0.3, 0.4) is 0 Å². The van der Waals surface area contributed by atoms with Crippen LogP contribution in [0, 0.1) is 11.3 Å². The summed E-state index contributed by atoms with van der Waals surface area (Å²) >= 11 is 0. The first kappa shape index (κ1) is 12.6. The number of hydrogen-bond donors (Lipinski definition) is 0. The van der Waals surface area contributed by atoms with Crippen LogP contribution in [0.1, 0.15) is 31.4 Å². The Balaban J connectivity index is 1.94. The van der Waals surface area contributed by atoms with Crippen molar-refractivity contribution in [2.24, 2.45) is 0 Å². The van der Waals surface area contributed by atoms with Crippen LogP contribution < -0.4 is 0 Å². The lowest BCUT2D eigenvalue weighted by Crippen LogP contribution is -2.48. The fraction of sp³-hybridized carbons (Fsp3) is 0.600. The largest absolute Gasteiger partial charge is 0.378 e. The Labute approximate surface area is 113 Å². The number of hydrogen-bond acceptors (Lipinski definition) is 4. The molecular weight excluding hydrogens is 240 g/mol. The van der Waals surface area contributed by atoms with Gasteiger partial charge in [0.25, 0.3) is 0 Å². The molecule has 1 aromatic heterocycles. The van der Waals surface area contributed by atoms with Crippen LogP contribution in [0.5, 0.6) is 0 Å². The zero-order valence-corrected chi connectivity index (χ0v) is 11.0. The molecule has 0 amide bonds. The Bertz CT molecular complexity index is 477. The monoisotopic (exact) mass is 258 g/mol. The van der Waals surface area contributed by atoms with E-state index in [0.29, 0.717) is 19.6 Å². The molecule has 0 N–H and O–H groups in total. The van der Waals surface area contributed by atoms with E-state index in [1.807, 2.05) is 24.4 Å². The zero-order valence-electron chi connectivity index (χ0n) is 11.0. The number of pyridine rings is 1. The Morgan fingerprint density at radius 1 is 1.32 bits per heavy atom. The summed E-state index contributed by atoms with van der Waals surface area (Å²) in [5, 5.41) is 9.23. The molecule has 2 aliphatic rings. The number of nitriles is 1. The molecule has 3 rings (SSSR count). The van der Waals surface area contributed by atoms with Crippen LogP contribution in [-0.4, -0.2) is 30.4 Å². The third-order valence-corrected chi connectivity index (χ3v) is 4.34. The van der Waals surface area contributed by atoms with Crippen LogP contribution in [0.2, 0.25) is 0 Å². The highest BCUT2D eigenvalue weighted by molar-refractivity contribution is 5.22. The van der Waals surface area contributed by atoms with E-state index >= 15 is 0 Å². The van der Waals surface area contributed by atoms with Gasteiger partial charge in [-0.1, -0.05) is 6.07 Å². The van der Waals surface area contributed by atoms with Crippen molar-refractivity contribution in [2.75, 3.05) is 19.8 Å². The Hall–Kier alpha value is -1.44.